The van der Waals surface area contributed by atoms with Gasteiger partial charge in [-0.15, -0.1) is 0 Å². The normalized spacial score (nSPS) is 13.0. The number of H-pyrrole nitrogens is 3. The summed E-state index contributed by atoms with van der Waals surface area (Å²) in [4.78, 5) is 58.2. The van der Waals surface area contributed by atoms with Crippen LogP contribution in [0.4, 0.5) is 0 Å². The van der Waals surface area contributed by atoms with Gasteiger partial charge in [0.1, 0.15) is 0 Å². The average molecular weight is 661 g/mol. The van der Waals surface area contributed by atoms with Gasteiger partial charge in [-0.3, -0.25) is 24.1 Å². The highest BCUT2D eigenvalue weighted by atomic mass is 32.2. The van der Waals surface area contributed by atoms with E-state index in [0.717, 1.165) is 38.8 Å². The SMILES string of the molecule is Cc1cc(C)cc(Sc2[nH]c(=O)[nH]c(=O)c2C(C)C)c1.Cc1cc(C)cc(Sc2c(C(C)C)c(=O)[nH]c(=O)n2CC2CC=CC2)c1. The molecule has 4 aromatic rings. The maximum Gasteiger partial charge on any atom is 0.329 e. The summed E-state index contributed by atoms with van der Waals surface area (Å²) < 4.78 is 1.77. The highest BCUT2D eigenvalue weighted by Crippen LogP contribution is 2.34. The van der Waals surface area contributed by atoms with E-state index in [4.69, 9.17) is 0 Å². The van der Waals surface area contributed by atoms with Crippen molar-refractivity contribution in [2.24, 2.45) is 5.92 Å². The average Bonchev–Trinajstić information content (AvgIpc) is 3.42. The van der Waals surface area contributed by atoms with Crippen LogP contribution in [0.5, 0.6) is 0 Å². The summed E-state index contributed by atoms with van der Waals surface area (Å²) in [5.41, 5.74) is 4.64. The number of allylic oxidation sites excluding steroid dienone is 2. The van der Waals surface area contributed by atoms with Gasteiger partial charge >= 0.3 is 11.4 Å². The second-order valence-corrected chi connectivity index (χ2v) is 14.9. The first-order valence-electron chi connectivity index (χ1n) is 15.6. The largest absolute Gasteiger partial charge is 0.329 e. The summed E-state index contributed by atoms with van der Waals surface area (Å²) in [6.07, 6.45) is 6.30. The molecular formula is C36H44N4O4S2. The van der Waals surface area contributed by atoms with E-state index in [2.05, 4.69) is 65.2 Å². The quantitative estimate of drug-likeness (QED) is 0.134. The Kier molecular flexibility index (Phi) is 11.6. The molecule has 0 spiro atoms. The van der Waals surface area contributed by atoms with Crippen LogP contribution in [0.1, 0.15) is 85.8 Å². The Bertz CT molecular complexity index is 1930. The monoisotopic (exact) mass is 660 g/mol. The van der Waals surface area contributed by atoms with Crippen molar-refractivity contribution in [1.29, 1.82) is 0 Å². The third-order valence-corrected chi connectivity index (χ3v) is 9.76. The van der Waals surface area contributed by atoms with Crippen LogP contribution in [-0.2, 0) is 6.54 Å². The molecule has 0 bridgehead atoms. The molecule has 2 aromatic carbocycles. The number of aromatic amines is 3. The number of benzene rings is 2. The van der Waals surface area contributed by atoms with E-state index >= 15 is 0 Å². The molecule has 0 aliphatic heterocycles. The minimum atomic E-state index is -0.466. The highest BCUT2D eigenvalue weighted by Gasteiger charge is 2.22. The third-order valence-electron chi connectivity index (χ3n) is 7.65. The Balaban J connectivity index is 0.000000216. The molecular weight excluding hydrogens is 617 g/mol. The fourth-order valence-electron chi connectivity index (χ4n) is 5.73. The molecule has 3 N–H and O–H groups in total. The zero-order valence-corrected chi connectivity index (χ0v) is 29.5. The van der Waals surface area contributed by atoms with Gasteiger partial charge in [0.15, 0.2) is 0 Å². The second kappa shape index (κ2) is 15.2. The molecule has 46 heavy (non-hydrogen) atoms. The van der Waals surface area contributed by atoms with E-state index in [0.29, 0.717) is 28.6 Å². The first-order valence-corrected chi connectivity index (χ1v) is 17.3. The zero-order chi connectivity index (χ0) is 33.7. The van der Waals surface area contributed by atoms with Crippen LogP contribution in [0.3, 0.4) is 0 Å². The van der Waals surface area contributed by atoms with Crippen LogP contribution in [0, 0.1) is 33.6 Å². The van der Waals surface area contributed by atoms with Crippen LogP contribution >= 0.6 is 23.5 Å². The van der Waals surface area contributed by atoms with Crippen molar-refractivity contribution < 1.29 is 0 Å². The summed E-state index contributed by atoms with van der Waals surface area (Å²) in [5.74, 6) is 0.502. The predicted octanol–water partition coefficient (Wildman–Crippen LogP) is 7.35. The molecule has 5 rings (SSSR count). The number of nitrogens with zero attached hydrogens (tertiary/aromatic N) is 1. The van der Waals surface area contributed by atoms with Crippen molar-refractivity contribution in [2.45, 2.75) is 106 Å². The molecule has 10 heteroatoms. The molecule has 2 aromatic heterocycles. The molecule has 0 unspecified atom stereocenters. The van der Waals surface area contributed by atoms with Crippen molar-refractivity contribution in [3.05, 3.63) is 124 Å². The summed E-state index contributed by atoms with van der Waals surface area (Å²) >= 11 is 2.96. The summed E-state index contributed by atoms with van der Waals surface area (Å²) in [6.45, 7) is 16.7. The number of aromatic nitrogens is 4. The Hall–Kier alpha value is -3.76. The van der Waals surface area contributed by atoms with Crippen molar-refractivity contribution in [3.63, 3.8) is 0 Å². The van der Waals surface area contributed by atoms with Gasteiger partial charge in [0.2, 0.25) is 0 Å². The number of nitrogens with one attached hydrogen (secondary N) is 3. The lowest BCUT2D eigenvalue weighted by Gasteiger charge is -2.20. The molecule has 0 saturated heterocycles. The van der Waals surface area contributed by atoms with Gasteiger partial charge in [-0.25, -0.2) is 9.59 Å². The fraction of sp³-hybridized carbons (Fsp3) is 0.389. The molecule has 0 radical (unpaired) electrons. The van der Waals surface area contributed by atoms with Gasteiger partial charge in [-0.05, 0) is 105 Å². The molecule has 1 aliphatic carbocycles. The van der Waals surface area contributed by atoms with Crippen LogP contribution in [0.15, 0.2) is 87.6 Å². The van der Waals surface area contributed by atoms with Gasteiger partial charge in [0, 0.05) is 16.3 Å². The number of rotatable bonds is 8. The van der Waals surface area contributed by atoms with Gasteiger partial charge < -0.3 is 4.98 Å². The van der Waals surface area contributed by atoms with Crippen molar-refractivity contribution in [1.82, 2.24) is 19.5 Å². The molecule has 1 aliphatic rings. The predicted molar refractivity (Wildman–Crippen MR) is 189 cm³/mol. The maximum absolute atomic E-state index is 12.6. The van der Waals surface area contributed by atoms with Crippen molar-refractivity contribution in [3.8, 4) is 0 Å². The third kappa shape index (κ3) is 8.94. The van der Waals surface area contributed by atoms with Gasteiger partial charge in [-0.2, -0.15) is 0 Å². The standard InChI is InChI=1S/C21H26N2O2S.C15H18N2O2S/c1-13(2)18-19(24)22-21(25)23(12-16-7-5-6-8-16)20(18)26-17-10-14(3)9-15(4)11-17;1-8(2)12-13(18)16-15(19)17-14(12)20-11-6-9(3)5-10(4)7-11/h5-6,9-11,13,16H,7-8,12H2,1-4H3,(H,22,24,25);5-8H,1-4H3,(H2,16,17,18,19). The Morgan fingerprint density at radius 2 is 1.15 bits per heavy atom. The number of hydrogen-bond donors (Lipinski definition) is 3. The lowest BCUT2D eigenvalue weighted by molar-refractivity contribution is 0.428. The van der Waals surface area contributed by atoms with Gasteiger partial charge in [-0.1, -0.05) is 75.5 Å². The molecule has 244 valence electrons. The van der Waals surface area contributed by atoms with Gasteiger partial charge in [0.25, 0.3) is 11.1 Å². The lowest BCUT2D eigenvalue weighted by atomic mass is 10.1. The minimum absolute atomic E-state index is 0.0423. The van der Waals surface area contributed by atoms with Gasteiger partial charge in [0.05, 0.1) is 21.2 Å². The lowest BCUT2D eigenvalue weighted by Crippen LogP contribution is -2.35. The van der Waals surface area contributed by atoms with Crippen LogP contribution < -0.4 is 22.5 Å². The molecule has 0 atom stereocenters. The molecule has 2 heterocycles. The van der Waals surface area contributed by atoms with E-state index in [1.807, 2.05) is 53.7 Å². The summed E-state index contributed by atoms with van der Waals surface area (Å²) in [6, 6.07) is 12.5. The Morgan fingerprint density at radius 1 is 0.674 bits per heavy atom. The molecule has 0 fully saturated rings. The van der Waals surface area contributed by atoms with Crippen LogP contribution in [0.25, 0.3) is 0 Å². The smallest absolute Gasteiger partial charge is 0.301 e. The maximum atomic E-state index is 12.6. The molecule has 8 nitrogen and oxygen atoms in total. The number of aryl methyl sites for hydroxylation is 4. The Morgan fingerprint density at radius 3 is 1.65 bits per heavy atom. The first kappa shape index (κ1) is 35.1. The van der Waals surface area contributed by atoms with E-state index in [9.17, 15) is 19.2 Å². The highest BCUT2D eigenvalue weighted by molar-refractivity contribution is 7.99. The van der Waals surface area contributed by atoms with E-state index < -0.39 is 5.69 Å². The number of hydrogen-bond acceptors (Lipinski definition) is 6. The van der Waals surface area contributed by atoms with Crippen molar-refractivity contribution in [2.75, 3.05) is 0 Å². The molecule has 0 saturated carbocycles. The summed E-state index contributed by atoms with van der Waals surface area (Å²) in [7, 11) is 0. The van der Waals surface area contributed by atoms with Crippen LogP contribution in [0.2, 0.25) is 0 Å². The zero-order valence-electron chi connectivity index (χ0n) is 27.9. The molecule has 0 amide bonds. The first-order chi connectivity index (χ1) is 21.7. The van der Waals surface area contributed by atoms with E-state index in [1.165, 1.54) is 34.7 Å². The minimum Gasteiger partial charge on any atom is -0.301 e. The Labute approximate surface area is 278 Å². The van der Waals surface area contributed by atoms with Crippen LogP contribution in [-0.4, -0.2) is 19.5 Å². The second-order valence-electron chi connectivity index (χ2n) is 12.7. The van der Waals surface area contributed by atoms with E-state index in [1.54, 1.807) is 4.57 Å². The fourth-order valence-corrected chi connectivity index (χ4v) is 8.45. The summed E-state index contributed by atoms with van der Waals surface area (Å²) in [5, 5.41) is 1.41. The topological polar surface area (TPSA) is 121 Å². The van der Waals surface area contributed by atoms with Crippen molar-refractivity contribution >= 4 is 23.5 Å². The van der Waals surface area contributed by atoms with E-state index in [-0.39, 0.29) is 28.6 Å².